The maximum absolute atomic E-state index is 12.3. The topological polar surface area (TPSA) is 55.6 Å². The predicted molar refractivity (Wildman–Crippen MR) is 91.7 cm³/mol. The van der Waals surface area contributed by atoms with Crippen molar-refractivity contribution in [2.45, 2.75) is 45.1 Å². The molecule has 1 aromatic rings. The zero-order chi connectivity index (χ0) is 15.5. The summed E-state index contributed by atoms with van der Waals surface area (Å²) in [6, 6.07) is 8.10. The minimum Gasteiger partial charge on any atom is -0.483 e. The lowest BCUT2D eigenvalue weighted by atomic mass is 9.86. The van der Waals surface area contributed by atoms with E-state index in [9.17, 15) is 4.79 Å². The van der Waals surface area contributed by atoms with Crippen LogP contribution in [-0.4, -0.2) is 36.5 Å². The molecule has 0 spiro atoms. The van der Waals surface area contributed by atoms with Crippen LogP contribution < -0.4 is 10.5 Å². The molecule has 2 N–H and O–H groups in total. The van der Waals surface area contributed by atoms with Gasteiger partial charge in [-0.05, 0) is 29.9 Å². The summed E-state index contributed by atoms with van der Waals surface area (Å²) in [5, 5.41) is 0. The number of nitrogens with two attached hydrogens (primary N) is 1. The molecule has 22 heavy (non-hydrogen) atoms. The van der Waals surface area contributed by atoms with E-state index in [-0.39, 0.29) is 36.4 Å². The summed E-state index contributed by atoms with van der Waals surface area (Å²) < 4.78 is 5.80. The number of likely N-dealkylation sites (tertiary alicyclic amines) is 1. The van der Waals surface area contributed by atoms with Crippen molar-refractivity contribution >= 4 is 18.3 Å². The number of amides is 1. The number of halogens is 1. The summed E-state index contributed by atoms with van der Waals surface area (Å²) >= 11 is 0. The van der Waals surface area contributed by atoms with Crippen LogP contribution in [0.4, 0.5) is 0 Å². The van der Waals surface area contributed by atoms with Crippen LogP contribution in [0.1, 0.15) is 39.2 Å². The van der Waals surface area contributed by atoms with Crippen molar-refractivity contribution in [1.29, 1.82) is 0 Å². The lowest BCUT2D eigenvalue weighted by Gasteiger charge is -2.25. The van der Waals surface area contributed by atoms with Crippen LogP contribution in [-0.2, 0) is 10.2 Å². The molecule has 2 rings (SSSR count). The van der Waals surface area contributed by atoms with Gasteiger partial charge in [0.05, 0.1) is 0 Å². The van der Waals surface area contributed by atoms with E-state index in [0.29, 0.717) is 6.54 Å². The van der Waals surface area contributed by atoms with Crippen LogP contribution in [0.25, 0.3) is 0 Å². The Hall–Kier alpha value is -1.26. The number of benzene rings is 1. The first kappa shape index (κ1) is 18.8. The number of ether oxygens (including phenoxy) is 1. The third-order valence-electron chi connectivity index (χ3n) is 4.02. The highest BCUT2D eigenvalue weighted by atomic mass is 35.5. The van der Waals surface area contributed by atoms with Gasteiger partial charge >= 0.3 is 0 Å². The first-order chi connectivity index (χ1) is 9.93. The van der Waals surface area contributed by atoms with Crippen molar-refractivity contribution in [3.63, 3.8) is 0 Å². The molecule has 1 atom stereocenters. The fraction of sp³-hybridized carbons (Fsp3) is 0.588. The summed E-state index contributed by atoms with van der Waals surface area (Å²) in [6.07, 6.45) is 2.03. The zero-order valence-corrected chi connectivity index (χ0v) is 14.5. The molecular formula is C17H27ClN2O2. The van der Waals surface area contributed by atoms with Crippen molar-refractivity contribution in [3.8, 4) is 5.75 Å². The van der Waals surface area contributed by atoms with E-state index >= 15 is 0 Å². The Balaban J connectivity index is 0.00000242. The van der Waals surface area contributed by atoms with Crippen molar-refractivity contribution < 1.29 is 9.53 Å². The monoisotopic (exact) mass is 326 g/mol. The van der Waals surface area contributed by atoms with E-state index in [1.807, 2.05) is 23.1 Å². The first-order valence-corrected chi connectivity index (χ1v) is 7.65. The third-order valence-corrected chi connectivity index (χ3v) is 4.02. The SMILES string of the molecule is CC(C)(C)c1ccccc1OCC(=O)N1CCCC1CN.Cl. The van der Waals surface area contributed by atoms with Crippen molar-refractivity contribution in [1.82, 2.24) is 4.90 Å². The van der Waals surface area contributed by atoms with Crippen LogP contribution in [0, 0.1) is 0 Å². The number of para-hydroxylation sites is 1. The van der Waals surface area contributed by atoms with Gasteiger partial charge in [0.1, 0.15) is 5.75 Å². The van der Waals surface area contributed by atoms with Gasteiger partial charge in [0.2, 0.25) is 0 Å². The van der Waals surface area contributed by atoms with Crippen LogP contribution in [0.2, 0.25) is 0 Å². The first-order valence-electron chi connectivity index (χ1n) is 7.65. The molecule has 1 fully saturated rings. The van der Waals surface area contributed by atoms with Crippen LogP contribution >= 0.6 is 12.4 Å². The second kappa shape index (κ2) is 7.84. The number of hydrogen-bond donors (Lipinski definition) is 1. The molecule has 1 aliphatic rings. The molecule has 1 amide bonds. The summed E-state index contributed by atoms with van der Waals surface area (Å²) in [6.45, 7) is 7.84. The van der Waals surface area contributed by atoms with E-state index in [0.717, 1.165) is 30.7 Å². The number of rotatable bonds is 4. The molecule has 0 aromatic heterocycles. The maximum Gasteiger partial charge on any atom is 0.260 e. The van der Waals surface area contributed by atoms with Crippen molar-refractivity contribution in [3.05, 3.63) is 29.8 Å². The van der Waals surface area contributed by atoms with Gasteiger partial charge in [-0.2, -0.15) is 0 Å². The highest BCUT2D eigenvalue weighted by molar-refractivity contribution is 5.85. The fourth-order valence-electron chi connectivity index (χ4n) is 2.84. The van der Waals surface area contributed by atoms with Gasteiger partial charge in [0.15, 0.2) is 6.61 Å². The fourth-order valence-corrected chi connectivity index (χ4v) is 2.84. The van der Waals surface area contributed by atoms with Gasteiger partial charge in [0, 0.05) is 19.1 Å². The van der Waals surface area contributed by atoms with Crippen LogP contribution in [0.5, 0.6) is 5.75 Å². The molecule has 1 unspecified atom stereocenters. The van der Waals surface area contributed by atoms with Gasteiger partial charge in [0.25, 0.3) is 5.91 Å². The largest absolute Gasteiger partial charge is 0.483 e. The van der Waals surface area contributed by atoms with E-state index in [4.69, 9.17) is 10.5 Å². The third kappa shape index (κ3) is 4.37. The number of nitrogens with zero attached hydrogens (tertiary/aromatic N) is 1. The number of carbonyl (C=O) groups is 1. The summed E-state index contributed by atoms with van der Waals surface area (Å²) in [5.74, 6) is 0.827. The van der Waals surface area contributed by atoms with E-state index < -0.39 is 0 Å². The Morgan fingerprint density at radius 1 is 1.36 bits per heavy atom. The highest BCUT2D eigenvalue weighted by Gasteiger charge is 2.28. The normalized spacial score (nSPS) is 18.0. The molecule has 1 heterocycles. The van der Waals surface area contributed by atoms with Crippen molar-refractivity contribution in [2.75, 3.05) is 19.7 Å². The molecule has 1 aromatic carbocycles. The second-order valence-electron chi connectivity index (χ2n) is 6.65. The minimum atomic E-state index is -0.00687. The molecule has 124 valence electrons. The number of hydrogen-bond acceptors (Lipinski definition) is 3. The molecule has 1 saturated heterocycles. The quantitative estimate of drug-likeness (QED) is 0.925. The molecule has 0 aliphatic carbocycles. The predicted octanol–water partition coefficient (Wildman–Crippen LogP) is 2.73. The lowest BCUT2D eigenvalue weighted by molar-refractivity contribution is -0.134. The van der Waals surface area contributed by atoms with Gasteiger partial charge in [-0.15, -0.1) is 12.4 Å². The van der Waals surface area contributed by atoms with E-state index in [1.54, 1.807) is 0 Å². The Morgan fingerprint density at radius 2 is 2.05 bits per heavy atom. The van der Waals surface area contributed by atoms with Crippen LogP contribution in [0.3, 0.4) is 0 Å². The van der Waals surface area contributed by atoms with Gasteiger partial charge in [-0.3, -0.25) is 4.79 Å². The zero-order valence-electron chi connectivity index (χ0n) is 13.7. The minimum absolute atomic E-state index is 0. The van der Waals surface area contributed by atoms with E-state index in [2.05, 4.69) is 26.8 Å². The van der Waals surface area contributed by atoms with E-state index in [1.165, 1.54) is 0 Å². The maximum atomic E-state index is 12.3. The summed E-state index contributed by atoms with van der Waals surface area (Å²) in [5.41, 5.74) is 6.83. The Morgan fingerprint density at radius 3 is 2.68 bits per heavy atom. The molecule has 0 bridgehead atoms. The molecular weight excluding hydrogens is 300 g/mol. The standard InChI is InChI=1S/C17H26N2O2.ClH/c1-17(2,3)14-8-4-5-9-15(14)21-12-16(20)19-10-6-7-13(19)11-18;/h4-5,8-9,13H,6-7,10-12,18H2,1-3H3;1H. The molecule has 0 saturated carbocycles. The van der Waals surface area contributed by atoms with Gasteiger partial charge < -0.3 is 15.4 Å². The van der Waals surface area contributed by atoms with Crippen LogP contribution in [0.15, 0.2) is 24.3 Å². The van der Waals surface area contributed by atoms with Gasteiger partial charge in [-0.25, -0.2) is 0 Å². The summed E-state index contributed by atoms with van der Waals surface area (Å²) in [4.78, 5) is 14.2. The molecule has 1 aliphatic heterocycles. The van der Waals surface area contributed by atoms with Crippen molar-refractivity contribution in [2.24, 2.45) is 5.73 Å². The Labute approximate surface area is 139 Å². The Bertz CT molecular complexity index is 500. The molecule has 4 nitrogen and oxygen atoms in total. The second-order valence-corrected chi connectivity index (χ2v) is 6.65. The average Bonchev–Trinajstić information content (AvgIpc) is 2.92. The average molecular weight is 327 g/mol. The van der Waals surface area contributed by atoms with Gasteiger partial charge in [-0.1, -0.05) is 39.0 Å². The lowest BCUT2D eigenvalue weighted by Crippen LogP contribution is -2.42. The summed E-state index contributed by atoms with van der Waals surface area (Å²) in [7, 11) is 0. The number of carbonyl (C=O) groups excluding carboxylic acids is 1. The highest BCUT2D eigenvalue weighted by Crippen LogP contribution is 2.31. The molecule has 5 heteroatoms. The molecule has 0 radical (unpaired) electrons. The Kier molecular flexibility index (Phi) is 6.69. The smallest absolute Gasteiger partial charge is 0.260 e.